The number of nitrogens with two attached hydrogens (primary N) is 1. The van der Waals surface area contributed by atoms with Gasteiger partial charge in [-0.15, -0.1) is 0 Å². The standard InChI is InChI=1S/C25H21ClN2O3/c1-31-22-11-10-15(12-20(22)26)13-21(24(27)29)28-25(30)23-18-8-4-2-6-16(18)14-17-7-3-5-9-19(17)23/h2-12,14,21H,13H2,1H3,(H2,27,29)(H,28,30)/t21-/m1/s1. The largest absolute Gasteiger partial charge is 0.495 e. The lowest BCUT2D eigenvalue weighted by Gasteiger charge is -2.18. The Morgan fingerprint density at radius 3 is 2.13 bits per heavy atom. The van der Waals surface area contributed by atoms with Gasteiger partial charge in [0.2, 0.25) is 5.91 Å². The van der Waals surface area contributed by atoms with Crippen LogP contribution in [0, 0.1) is 0 Å². The first kappa shape index (κ1) is 20.7. The van der Waals surface area contributed by atoms with E-state index in [0.29, 0.717) is 16.3 Å². The van der Waals surface area contributed by atoms with Gasteiger partial charge in [-0.05, 0) is 45.3 Å². The van der Waals surface area contributed by atoms with E-state index >= 15 is 0 Å². The lowest BCUT2D eigenvalue weighted by atomic mass is 9.95. The maximum absolute atomic E-state index is 13.4. The van der Waals surface area contributed by atoms with Gasteiger partial charge in [0.1, 0.15) is 11.8 Å². The van der Waals surface area contributed by atoms with Gasteiger partial charge in [-0.25, -0.2) is 0 Å². The zero-order valence-corrected chi connectivity index (χ0v) is 17.6. The number of fused-ring (bicyclic) bond motifs is 2. The van der Waals surface area contributed by atoms with E-state index in [1.54, 1.807) is 18.2 Å². The molecule has 31 heavy (non-hydrogen) atoms. The van der Waals surface area contributed by atoms with E-state index in [-0.39, 0.29) is 12.3 Å². The zero-order valence-electron chi connectivity index (χ0n) is 16.9. The molecule has 0 aromatic heterocycles. The van der Waals surface area contributed by atoms with Crippen LogP contribution >= 0.6 is 11.6 Å². The molecule has 0 aliphatic rings. The van der Waals surface area contributed by atoms with Gasteiger partial charge in [0.05, 0.1) is 17.7 Å². The van der Waals surface area contributed by atoms with Crippen LogP contribution in [-0.4, -0.2) is 25.0 Å². The first-order valence-electron chi connectivity index (χ1n) is 9.81. The van der Waals surface area contributed by atoms with Crippen molar-refractivity contribution in [2.45, 2.75) is 12.5 Å². The molecule has 3 N–H and O–H groups in total. The van der Waals surface area contributed by atoms with Crippen molar-refractivity contribution < 1.29 is 14.3 Å². The lowest BCUT2D eigenvalue weighted by molar-refractivity contribution is -0.119. The monoisotopic (exact) mass is 432 g/mol. The molecule has 0 aliphatic heterocycles. The molecule has 6 heteroatoms. The van der Waals surface area contributed by atoms with Crippen LogP contribution in [0.25, 0.3) is 21.5 Å². The van der Waals surface area contributed by atoms with Crippen LogP contribution in [0.2, 0.25) is 5.02 Å². The van der Waals surface area contributed by atoms with E-state index in [4.69, 9.17) is 22.1 Å². The van der Waals surface area contributed by atoms with Crippen molar-refractivity contribution in [2.75, 3.05) is 7.11 Å². The minimum absolute atomic E-state index is 0.216. The number of nitrogens with one attached hydrogen (secondary N) is 1. The maximum Gasteiger partial charge on any atom is 0.253 e. The Hall–Kier alpha value is -3.57. The molecule has 0 unspecified atom stereocenters. The Bertz CT molecular complexity index is 1250. The van der Waals surface area contributed by atoms with Crippen molar-refractivity contribution in [3.05, 3.63) is 88.9 Å². The third-order valence-corrected chi connectivity index (χ3v) is 5.60. The zero-order chi connectivity index (χ0) is 22.0. The molecule has 4 aromatic rings. The van der Waals surface area contributed by atoms with Gasteiger partial charge in [-0.2, -0.15) is 0 Å². The minimum Gasteiger partial charge on any atom is -0.495 e. The predicted octanol–water partition coefficient (Wildman–Crippen LogP) is 4.48. The van der Waals surface area contributed by atoms with Crippen LogP contribution in [-0.2, 0) is 11.2 Å². The van der Waals surface area contributed by atoms with Crippen molar-refractivity contribution in [1.29, 1.82) is 0 Å². The molecule has 0 fully saturated rings. The summed E-state index contributed by atoms with van der Waals surface area (Å²) in [5.74, 6) is -0.437. The molecule has 0 radical (unpaired) electrons. The van der Waals surface area contributed by atoms with E-state index in [2.05, 4.69) is 5.32 Å². The smallest absolute Gasteiger partial charge is 0.253 e. The molecular weight excluding hydrogens is 412 g/mol. The van der Waals surface area contributed by atoms with Crippen LogP contribution < -0.4 is 15.8 Å². The summed E-state index contributed by atoms with van der Waals surface area (Å²) in [5, 5.41) is 6.78. The maximum atomic E-state index is 13.4. The number of hydrogen-bond acceptors (Lipinski definition) is 3. The van der Waals surface area contributed by atoms with Gasteiger partial charge >= 0.3 is 0 Å². The normalized spacial score (nSPS) is 11.9. The number of halogens is 1. The number of carbonyl (C=O) groups is 2. The van der Waals surface area contributed by atoms with Crippen molar-refractivity contribution in [3.63, 3.8) is 0 Å². The lowest BCUT2D eigenvalue weighted by Crippen LogP contribution is -2.46. The summed E-state index contributed by atoms with van der Waals surface area (Å²) in [6.07, 6.45) is 0.216. The van der Waals surface area contributed by atoms with Gasteiger partial charge in [0.25, 0.3) is 5.91 Å². The fourth-order valence-corrected chi connectivity index (χ4v) is 4.06. The average Bonchev–Trinajstić information content (AvgIpc) is 2.77. The van der Waals surface area contributed by atoms with E-state index in [0.717, 1.165) is 27.1 Å². The molecule has 4 rings (SSSR count). The second-order valence-electron chi connectivity index (χ2n) is 7.30. The molecule has 0 saturated heterocycles. The number of benzene rings is 4. The molecule has 0 bridgehead atoms. The highest BCUT2D eigenvalue weighted by molar-refractivity contribution is 6.32. The molecule has 0 spiro atoms. The topological polar surface area (TPSA) is 81.4 Å². The van der Waals surface area contributed by atoms with Crippen LogP contribution in [0.5, 0.6) is 5.75 Å². The first-order chi connectivity index (χ1) is 15.0. The minimum atomic E-state index is -0.894. The van der Waals surface area contributed by atoms with Crippen molar-refractivity contribution in [1.82, 2.24) is 5.32 Å². The third-order valence-electron chi connectivity index (χ3n) is 5.30. The quantitative estimate of drug-likeness (QED) is 0.441. The summed E-state index contributed by atoms with van der Waals surface area (Å²) in [4.78, 5) is 25.5. The highest BCUT2D eigenvalue weighted by Crippen LogP contribution is 2.29. The average molecular weight is 433 g/mol. The summed E-state index contributed by atoms with van der Waals surface area (Å²) >= 11 is 6.20. The third kappa shape index (κ3) is 4.18. The number of primary amides is 1. The van der Waals surface area contributed by atoms with E-state index in [1.807, 2.05) is 54.6 Å². The van der Waals surface area contributed by atoms with E-state index in [9.17, 15) is 9.59 Å². The molecule has 156 valence electrons. The van der Waals surface area contributed by atoms with Crippen LogP contribution in [0.15, 0.2) is 72.8 Å². The van der Waals surface area contributed by atoms with E-state index in [1.165, 1.54) is 7.11 Å². The van der Waals surface area contributed by atoms with Crippen LogP contribution in [0.1, 0.15) is 15.9 Å². The summed E-state index contributed by atoms with van der Waals surface area (Å²) in [6.45, 7) is 0. The molecular formula is C25H21ClN2O3. The SMILES string of the molecule is COc1ccc(C[C@@H](NC(=O)c2c3ccccc3cc3ccccc23)C(N)=O)cc1Cl. The van der Waals surface area contributed by atoms with Crippen molar-refractivity contribution >= 4 is 45.0 Å². The fourth-order valence-electron chi connectivity index (χ4n) is 3.78. The molecule has 0 heterocycles. The summed E-state index contributed by atoms with van der Waals surface area (Å²) in [5.41, 5.74) is 6.90. The Morgan fingerprint density at radius 1 is 0.968 bits per heavy atom. The highest BCUT2D eigenvalue weighted by atomic mass is 35.5. The number of rotatable bonds is 6. The Kier molecular flexibility index (Phi) is 5.78. The first-order valence-corrected chi connectivity index (χ1v) is 10.2. The second kappa shape index (κ2) is 8.66. The number of ether oxygens (including phenoxy) is 1. The fraction of sp³-hybridized carbons (Fsp3) is 0.120. The van der Waals surface area contributed by atoms with Gasteiger partial charge in [-0.3, -0.25) is 9.59 Å². The molecule has 0 aliphatic carbocycles. The van der Waals surface area contributed by atoms with Gasteiger partial charge in [0, 0.05) is 6.42 Å². The summed E-state index contributed by atoms with van der Waals surface area (Å²) in [6, 6.07) is 21.7. The number of carbonyl (C=O) groups excluding carboxylic acids is 2. The summed E-state index contributed by atoms with van der Waals surface area (Å²) in [7, 11) is 1.53. The van der Waals surface area contributed by atoms with Crippen LogP contribution in [0.3, 0.4) is 0 Å². The molecule has 5 nitrogen and oxygen atoms in total. The Labute approximate surface area is 184 Å². The Morgan fingerprint density at radius 2 is 1.58 bits per heavy atom. The Balaban J connectivity index is 1.70. The number of amides is 2. The number of methoxy groups -OCH3 is 1. The van der Waals surface area contributed by atoms with E-state index < -0.39 is 11.9 Å². The van der Waals surface area contributed by atoms with Gasteiger partial charge < -0.3 is 15.8 Å². The number of hydrogen-bond donors (Lipinski definition) is 2. The van der Waals surface area contributed by atoms with Crippen LogP contribution in [0.4, 0.5) is 0 Å². The van der Waals surface area contributed by atoms with Gasteiger partial charge in [-0.1, -0.05) is 66.2 Å². The molecule has 0 saturated carbocycles. The van der Waals surface area contributed by atoms with Gasteiger partial charge in [0.15, 0.2) is 0 Å². The predicted molar refractivity (Wildman–Crippen MR) is 124 cm³/mol. The molecule has 1 atom stereocenters. The summed E-state index contributed by atoms with van der Waals surface area (Å²) < 4.78 is 5.16. The molecule has 4 aromatic carbocycles. The highest BCUT2D eigenvalue weighted by Gasteiger charge is 2.22. The molecule has 2 amide bonds. The van der Waals surface area contributed by atoms with Crippen molar-refractivity contribution in [3.8, 4) is 5.75 Å². The van der Waals surface area contributed by atoms with Crippen molar-refractivity contribution in [2.24, 2.45) is 5.73 Å². The second-order valence-corrected chi connectivity index (χ2v) is 7.70.